The summed E-state index contributed by atoms with van der Waals surface area (Å²) in [5.41, 5.74) is -1.86. The number of para-hydroxylation sites is 2. The Morgan fingerprint density at radius 1 is 0.980 bits per heavy atom. The van der Waals surface area contributed by atoms with Crippen LogP contribution in [0.3, 0.4) is 0 Å². The van der Waals surface area contributed by atoms with Gasteiger partial charge in [-0.25, -0.2) is 4.68 Å². The number of carbonyl (C=O) groups excluding carboxylic acids is 4. The van der Waals surface area contributed by atoms with E-state index < -0.39 is 53.1 Å². The maximum Gasteiger partial charge on any atom is 0.296 e. The van der Waals surface area contributed by atoms with Gasteiger partial charge in [0, 0.05) is 25.7 Å². The smallest absolute Gasteiger partial charge is 0.296 e. The number of anilines is 1. The Bertz CT molecular complexity index is 2350. The molecule has 266 valence electrons. The van der Waals surface area contributed by atoms with Crippen LogP contribution in [0.5, 0.6) is 0 Å². The molecule has 1 saturated heterocycles. The molecule has 0 saturated carbocycles. The molecule has 18 nitrogen and oxygen atoms in total. The first-order valence-corrected chi connectivity index (χ1v) is 17.8. The SMILES string of the molecule is CNC(=O)C1=NN(c2ccccc2S(=O)(=O)O)C(=O)C1=CC=C(C=Cc1c(CNC=O)[nH]n(-c2ccccc2S(=O)(=O)O)c1=O)N1CCCC1=O. The van der Waals surface area contributed by atoms with Crippen LogP contribution in [0.1, 0.15) is 24.1 Å². The van der Waals surface area contributed by atoms with Crippen molar-refractivity contribution in [2.75, 3.05) is 18.6 Å². The Balaban J connectivity index is 1.63. The van der Waals surface area contributed by atoms with Crippen molar-refractivity contribution >= 4 is 61.8 Å². The van der Waals surface area contributed by atoms with Gasteiger partial charge in [-0.3, -0.25) is 38.2 Å². The topological polar surface area (TPSA) is 258 Å². The van der Waals surface area contributed by atoms with Gasteiger partial charge in [0.25, 0.3) is 37.6 Å². The fourth-order valence-electron chi connectivity index (χ4n) is 5.33. The second-order valence-corrected chi connectivity index (χ2v) is 13.6. The summed E-state index contributed by atoms with van der Waals surface area (Å²) in [6.45, 7) is 0.0293. The number of carbonyl (C=O) groups is 4. The van der Waals surface area contributed by atoms with E-state index in [1.165, 1.54) is 72.6 Å². The second-order valence-electron chi connectivity index (χ2n) is 10.8. The first-order valence-electron chi connectivity index (χ1n) is 14.9. The number of aromatic nitrogens is 2. The van der Waals surface area contributed by atoms with Crippen molar-refractivity contribution in [3.63, 3.8) is 0 Å². The van der Waals surface area contributed by atoms with Crippen LogP contribution in [0.15, 0.2) is 97.7 Å². The van der Waals surface area contributed by atoms with Crippen molar-refractivity contribution in [1.29, 1.82) is 0 Å². The average Bonchev–Trinajstić information content (AvgIpc) is 3.77. The number of nitrogens with one attached hydrogen (secondary N) is 3. The molecule has 0 spiro atoms. The van der Waals surface area contributed by atoms with Crippen molar-refractivity contribution in [2.24, 2.45) is 5.10 Å². The summed E-state index contributed by atoms with van der Waals surface area (Å²) in [4.78, 5) is 64.2. The number of aromatic amines is 1. The lowest BCUT2D eigenvalue weighted by Gasteiger charge is -2.17. The number of allylic oxidation sites excluding steroid dienone is 3. The zero-order valence-electron chi connectivity index (χ0n) is 26.5. The van der Waals surface area contributed by atoms with E-state index in [2.05, 4.69) is 20.8 Å². The number of benzene rings is 2. The predicted octanol–water partition coefficient (Wildman–Crippen LogP) is 0.500. The third kappa shape index (κ3) is 7.48. The number of nitrogens with zero attached hydrogens (tertiary/aromatic N) is 4. The number of hydrogen-bond donors (Lipinski definition) is 5. The lowest BCUT2D eigenvalue weighted by atomic mass is 10.1. The molecule has 3 heterocycles. The number of hydrogen-bond acceptors (Lipinski definition) is 10. The highest BCUT2D eigenvalue weighted by atomic mass is 32.2. The molecule has 5 N–H and O–H groups in total. The van der Waals surface area contributed by atoms with E-state index >= 15 is 0 Å². The summed E-state index contributed by atoms with van der Waals surface area (Å²) in [6.07, 6.45) is 6.18. The molecule has 2 aromatic carbocycles. The average molecular weight is 740 g/mol. The minimum absolute atomic E-state index is 0.0720. The van der Waals surface area contributed by atoms with Gasteiger partial charge in [-0.05, 0) is 55.0 Å². The molecule has 2 aliphatic rings. The summed E-state index contributed by atoms with van der Waals surface area (Å²) in [7, 11) is -8.30. The standard InChI is InChI=1S/C31H29N7O11S2/c1-32-29(41)28-21(31(43)38(35-28)24-8-3-5-10-26(24)51(47,48)49)15-13-19(36-16-6-11-27(36)40)12-14-20-22(17-33-18-39)34-37(30(20)42)23-7-2-4-9-25(23)50(44,45)46/h2-5,7-10,12-15,18,34H,6,11,16-17H2,1H3,(H,32,41)(H,33,39)(H,44,45,46)(H,47,48,49). The maximum absolute atomic E-state index is 13.7. The molecule has 2 aliphatic heterocycles. The molecule has 0 aliphatic carbocycles. The summed E-state index contributed by atoms with van der Waals surface area (Å²) in [5, 5.41) is 12.2. The van der Waals surface area contributed by atoms with E-state index in [0.29, 0.717) is 17.8 Å². The molecule has 0 bridgehead atoms. The molecule has 1 aromatic heterocycles. The summed E-state index contributed by atoms with van der Waals surface area (Å²) in [5.74, 6) is -2.05. The van der Waals surface area contributed by atoms with Gasteiger partial charge in [0.05, 0.1) is 34.8 Å². The van der Waals surface area contributed by atoms with Gasteiger partial charge in [-0.2, -0.15) is 26.9 Å². The van der Waals surface area contributed by atoms with Crippen LogP contribution in [-0.2, 0) is 46.0 Å². The summed E-state index contributed by atoms with van der Waals surface area (Å²) >= 11 is 0. The van der Waals surface area contributed by atoms with Gasteiger partial charge in [-0.1, -0.05) is 24.3 Å². The normalized spacial score (nSPS) is 16.3. The number of H-pyrrole nitrogens is 1. The Morgan fingerprint density at radius 3 is 2.20 bits per heavy atom. The maximum atomic E-state index is 13.7. The fraction of sp³-hybridized carbons (Fsp3) is 0.161. The number of hydrazone groups is 1. The molecule has 0 unspecified atom stereocenters. The van der Waals surface area contributed by atoms with Crippen LogP contribution in [0.2, 0.25) is 0 Å². The Labute approximate surface area is 289 Å². The highest BCUT2D eigenvalue weighted by Gasteiger charge is 2.37. The third-order valence-electron chi connectivity index (χ3n) is 7.67. The quantitative estimate of drug-likeness (QED) is 0.0740. The minimum Gasteiger partial charge on any atom is -0.354 e. The van der Waals surface area contributed by atoms with Crippen molar-refractivity contribution in [1.82, 2.24) is 25.3 Å². The van der Waals surface area contributed by atoms with E-state index in [1.54, 1.807) is 0 Å². The zero-order valence-corrected chi connectivity index (χ0v) is 28.1. The lowest BCUT2D eigenvalue weighted by Crippen LogP contribution is -2.29. The molecular formula is C31H29N7O11S2. The molecule has 1 fully saturated rings. The molecule has 20 heteroatoms. The molecule has 3 aromatic rings. The number of amides is 4. The first kappa shape index (κ1) is 36.3. The van der Waals surface area contributed by atoms with Crippen molar-refractivity contribution < 1.29 is 45.1 Å². The third-order valence-corrected chi connectivity index (χ3v) is 9.47. The van der Waals surface area contributed by atoms with E-state index in [4.69, 9.17) is 0 Å². The minimum atomic E-state index is -4.81. The molecule has 4 amide bonds. The largest absolute Gasteiger partial charge is 0.354 e. The monoisotopic (exact) mass is 739 g/mol. The second kappa shape index (κ2) is 14.5. The van der Waals surface area contributed by atoms with Crippen LogP contribution < -0.4 is 21.2 Å². The van der Waals surface area contributed by atoms with Crippen LogP contribution in [0, 0.1) is 0 Å². The van der Waals surface area contributed by atoms with Crippen LogP contribution in [0.4, 0.5) is 5.69 Å². The van der Waals surface area contributed by atoms with Gasteiger partial charge in [0.2, 0.25) is 12.3 Å². The fourth-order valence-corrected chi connectivity index (χ4v) is 6.68. The number of rotatable bonds is 12. The zero-order chi connectivity index (χ0) is 37.1. The van der Waals surface area contributed by atoms with E-state index in [9.17, 15) is 49.9 Å². The summed E-state index contributed by atoms with van der Waals surface area (Å²) < 4.78 is 68.5. The predicted molar refractivity (Wildman–Crippen MR) is 180 cm³/mol. The Morgan fingerprint density at radius 2 is 1.61 bits per heavy atom. The van der Waals surface area contributed by atoms with Gasteiger partial charge in [0.15, 0.2) is 5.71 Å². The van der Waals surface area contributed by atoms with Crippen molar-refractivity contribution in [2.45, 2.75) is 29.2 Å². The highest BCUT2D eigenvalue weighted by Crippen LogP contribution is 2.30. The van der Waals surface area contributed by atoms with Gasteiger partial charge in [-0.15, -0.1) is 0 Å². The molecular weight excluding hydrogens is 711 g/mol. The lowest BCUT2D eigenvalue weighted by molar-refractivity contribution is -0.126. The first-order chi connectivity index (χ1) is 24.2. The molecule has 5 rings (SSSR count). The van der Waals surface area contributed by atoms with E-state index in [-0.39, 0.29) is 59.3 Å². The van der Waals surface area contributed by atoms with Crippen molar-refractivity contribution in [3.05, 3.63) is 99.6 Å². The van der Waals surface area contributed by atoms with Crippen LogP contribution in [0.25, 0.3) is 11.8 Å². The van der Waals surface area contributed by atoms with Crippen LogP contribution >= 0.6 is 0 Å². The molecule has 0 radical (unpaired) electrons. The van der Waals surface area contributed by atoms with E-state index in [0.717, 1.165) is 16.8 Å². The van der Waals surface area contributed by atoms with Gasteiger partial charge < -0.3 is 15.5 Å². The van der Waals surface area contributed by atoms with Gasteiger partial charge in [0.1, 0.15) is 9.79 Å². The van der Waals surface area contributed by atoms with Crippen molar-refractivity contribution in [3.8, 4) is 5.69 Å². The van der Waals surface area contributed by atoms with Crippen LogP contribution in [-0.4, -0.2) is 84.1 Å². The molecule has 0 atom stereocenters. The molecule has 51 heavy (non-hydrogen) atoms. The summed E-state index contributed by atoms with van der Waals surface area (Å²) in [6, 6.07) is 10.1. The number of likely N-dealkylation sites (tertiary alicyclic amines) is 1. The highest BCUT2D eigenvalue weighted by molar-refractivity contribution is 7.86. The Kier molecular flexibility index (Phi) is 10.3. The Hall–Kier alpha value is -5.96. The van der Waals surface area contributed by atoms with Gasteiger partial charge >= 0.3 is 0 Å². The van der Waals surface area contributed by atoms with E-state index in [1.807, 2.05) is 0 Å².